The molecule has 6 nitrogen and oxygen atoms in total. The number of hydrogen-bond donors (Lipinski definition) is 2. The smallest absolute Gasteiger partial charge is 0.410 e. The molecule has 2 aromatic heterocycles. The van der Waals surface area contributed by atoms with Gasteiger partial charge in [-0.05, 0) is 30.3 Å². The summed E-state index contributed by atoms with van der Waals surface area (Å²) < 4.78 is 60.0. The number of hydrogen-bond acceptors (Lipinski definition) is 4. The molecule has 2 atom stereocenters. The maximum atomic E-state index is 13.6. The highest BCUT2D eigenvalue weighted by molar-refractivity contribution is 6.31. The van der Waals surface area contributed by atoms with Gasteiger partial charge in [-0.1, -0.05) is 11.6 Å². The van der Waals surface area contributed by atoms with Gasteiger partial charge < -0.3 is 15.1 Å². The number of benzene rings is 1. The minimum Gasteiger partial charge on any atom is -0.467 e. The van der Waals surface area contributed by atoms with Crippen molar-refractivity contribution in [2.75, 3.05) is 10.6 Å². The van der Waals surface area contributed by atoms with Crippen molar-refractivity contribution in [1.29, 1.82) is 0 Å². The predicted octanol–water partition coefficient (Wildman–Crippen LogP) is 5.18. The molecule has 3 aromatic rings. The zero-order valence-corrected chi connectivity index (χ0v) is 15.3. The summed E-state index contributed by atoms with van der Waals surface area (Å²) in [4.78, 5) is 12.4. The molecule has 1 aliphatic heterocycles. The molecule has 0 saturated carbocycles. The van der Waals surface area contributed by atoms with E-state index in [9.17, 15) is 22.4 Å². The third-order valence-corrected chi connectivity index (χ3v) is 4.78. The van der Waals surface area contributed by atoms with Crippen molar-refractivity contribution >= 4 is 29.0 Å². The fourth-order valence-corrected chi connectivity index (χ4v) is 3.31. The van der Waals surface area contributed by atoms with Crippen LogP contribution >= 0.6 is 11.6 Å². The Balaban J connectivity index is 1.63. The highest BCUT2D eigenvalue weighted by Crippen LogP contribution is 2.43. The molecule has 0 spiro atoms. The second kappa shape index (κ2) is 7.11. The average molecular weight is 429 g/mol. The Morgan fingerprint density at radius 3 is 2.76 bits per heavy atom. The molecule has 11 heteroatoms. The van der Waals surface area contributed by atoms with Gasteiger partial charge in [0.2, 0.25) is 0 Å². The van der Waals surface area contributed by atoms with E-state index in [1.807, 2.05) is 0 Å². The van der Waals surface area contributed by atoms with Crippen LogP contribution in [0.15, 0.2) is 47.1 Å². The van der Waals surface area contributed by atoms with Crippen molar-refractivity contribution in [3.63, 3.8) is 0 Å². The van der Waals surface area contributed by atoms with Crippen LogP contribution < -0.4 is 10.6 Å². The molecule has 0 bridgehead atoms. The first-order valence-electron chi connectivity index (χ1n) is 8.45. The Kier molecular flexibility index (Phi) is 4.73. The van der Waals surface area contributed by atoms with Gasteiger partial charge in [-0.25, -0.2) is 9.07 Å². The summed E-state index contributed by atoms with van der Waals surface area (Å²) in [5, 5.41) is 8.98. The Hall–Kier alpha value is -3.01. The fraction of sp³-hybridized carbons (Fsp3) is 0.222. The number of amides is 1. The normalized spacial score (nSPS) is 18.8. The van der Waals surface area contributed by atoms with E-state index in [0.29, 0.717) is 5.76 Å². The van der Waals surface area contributed by atoms with Crippen molar-refractivity contribution in [2.45, 2.75) is 24.7 Å². The van der Waals surface area contributed by atoms with Crippen molar-refractivity contribution in [3.8, 4) is 0 Å². The van der Waals surface area contributed by atoms with E-state index >= 15 is 0 Å². The molecule has 1 amide bonds. The lowest BCUT2D eigenvalue weighted by Crippen LogP contribution is -2.35. The van der Waals surface area contributed by atoms with E-state index in [1.54, 1.807) is 12.1 Å². The second-order valence-electron chi connectivity index (χ2n) is 6.45. The molecule has 0 aliphatic carbocycles. The summed E-state index contributed by atoms with van der Waals surface area (Å²) in [5.74, 6) is -1.05. The predicted molar refractivity (Wildman–Crippen MR) is 96.4 cm³/mol. The average Bonchev–Trinajstić information content (AvgIpc) is 3.32. The quantitative estimate of drug-likeness (QED) is 0.564. The summed E-state index contributed by atoms with van der Waals surface area (Å²) in [6.45, 7) is 0. The van der Waals surface area contributed by atoms with Gasteiger partial charge in [0, 0.05) is 18.2 Å². The molecule has 152 valence electrons. The molecule has 0 saturated heterocycles. The Morgan fingerprint density at radius 1 is 1.31 bits per heavy atom. The molecule has 4 rings (SSSR count). The maximum Gasteiger partial charge on any atom is 0.410 e. The number of anilines is 2. The van der Waals surface area contributed by atoms with Gasteiger partial charge in [-0.15, -0.1) is 0 Å². The van der Waals surface area contributed by atoms with Crippen LogP contribution in [0.4, 0.5) is 29.1 Å². The van der Waals surface area contributed by atoms with E-state index in [1.165, 1.54) is 24.5 Å². The number of nitrogens with one attached hydrogen (secondary N) is 2. The Morgan fingerprint density at radius 2 is 2.10 bits per heavy atom. The highest BCUT2D eigenvalue weighted by atomic mass is 35.5. The van der Waals surface area contributed by atoms with Crippen LogP contribution in [-0.2, 0) is 0 Å². The SMILES string of the molecule is O=C(Nc1ccc(F)c(Cl)c1)c1cc2n(n1)[C@@H](C(F)(F)F)C[C@@H](c1ccco1)N2. The van der Waals surface area contributed by atoms with Crippen molar-refractivity contribution in [1.82, 2.24) is 9.78 Å². The standard InChI is InChI=1S/C18H13ClF4N4O2/c19-10-6-9(3-4-11(10)20)24-17(28)13-8-16-25-12(14-2-1-5-29-14)7-15(18(21,22)23)27(16)26-13/h1-6,8,12,15,25H,7H2,(H,24,28)/t12-,15+/m0/s1. The monoisotopic (exact) mass is 428 g/mol. The summed E-state index contributed by atoms with van der Waals surface area (Å²) in [6.07, 6.45) is -3.55. The van der Waals surface area contributed by atoms with Crippen LogP contribution in [0.5, 0.6) is 0 Å². The lowest BCUT2D eigenvalue weighted by atomic mass is 10.0. The number of fused-ring (bicyclic) bond motifs is 1. The highest BCUT2D eigenvalue weighted by Gasteiger charge is 2.47. The van der Waals surface area contributed by atoms with E-state index in [0.717, 1.165) is 10.7 Å². The van der Waals surface area contributed by atoms with Crippen molar-refractivity contribution in [3.05, 3.63) is 65.0 Å². The molecular weight excluding hydrogens is 416 g/mol. The van der Waals surface area contributed by atoms with E-state index in [2.05, 4.69) is 15.7 Å². The molecule has 3 heterocycles. The van der Waals surface area contributed by atoms with Crippen molar-refractivity contribution in [2.24, 2.45) is 0 Å². The van der Waals surface area contributed by atoms with E-state index in [-0.39, 0.29) is 28.6 Å². The number of carbonyl (C=O) groups is 1. The lowest BCUT2D eigenvalue weighted by Gasteiger charge is -2.32. The van der Waals surface area contributed by atoms with Crippen LogP contribution in [0, 0.1) is 5.82 Å². The summed E-state index contributed by atoms with van der Waals surface area (Å²) in [7, 11) is 0. The van der Waals surface area contributed by atoms with Crippen LogP contribution in [0.1, 0.15) is 34.8 Å². The second-order valence-corrected chi connectivity index (χ2v) is 6.86. The largest absolute Gasteiger partial charge is 0.467 e. The Bertz CT molecular complexity index is 1050. The minimum absolute atomic E-state index is 0.0299. The zero-order valence-electron chi connectivity index (χ0n) is 14.5. The maximum absolute atomic E-state index is 13.6. The number of rotatable bonds is 3. The molecule has 0 fully saturated rings. The molecule has 0 radical (unpaired) electrons. The topological polar surface area (TPSA) is 72.1 Å². The number of halogens is 5. The fourth-order valence-electron chi connectivity index (χ4n) is 3.13. The number of nitrogens with zero attached hydrogens (tertiary/aromatic N) is 2. The number of furan rings is 1. The number of aromatic nitrogens is 2. The molecule has 2 N–H and O–H groups in total. The summed E-state index contributed by atoms with van der Waals surface area (Å²) >= 11 is 5.67. The number of alkyl halides is 3. The van der Waals surface area contributed by atoms with Crippen LogP contribution in [-0.4, -0.2) is 21.9 Å². The molecule has 29 heavy (non-hydrogen) atoms. The van der Waals surface area contributed by atoms with Crippen LogP contribution in [0.25, 0.3) is 0 Å². The molecule has 1 aromatic carbocycles. The lowest BCUT2D eigenvalue weighted by molar-refractivity contribution is -0.174. The van der Waals surface area contributed by atoms with E-state index in [4.69, 9.17) is 16.0 Å². The van der Waals surface area contributed by atoms with E-state index < -0.39 is 30.0 Å². The first kappa shape index (κ1) is 19.3. The van der Waals surface area contributed by atoms with Crippen molar-refractivity contribution < 1.29 is 26.8 Å². The third kappa shape index (κ3) is 3.80. The number of carbonyl (C=O) groups excluding carboxylic acids is 1. The molecule has 0 unspecified atom stereocenters. The Labute approximate surface area is 166 Å². The van der Waals surface area contributed by atoms with Crippen LogP contribution in [0.2, 0.25) is 5.02 Å². The first-order chi connectivity index (χ1) is 13.7. The summed E-state index contributed by atoms with van der Waals surface area (Å²) in [5.41, 5.74) is -0.0524. The van der Waals surface area contributed by atoms with Gasteiger partial charge in [-0.2, -0.15) is 18.3 Å². The van der Waals surface area contributed by atoms with Gasteiger partial charge in [0.25, 0.3) is 5.91 Å². The third-order valence-electron chi connectivity index (χ3n) is 4.49. The molecule has 1 aliphatic rings. The summed E-state index contributed by atoms with van der Waals surface area (Å²) in [6, 6.07) is 5.23. The zero-order chi connectivity index (χ0) is 20.8. The van der Waals surface area contributed by atoms with Gasteiger partial charge in [0.15, 0.2) is 11.7 Å². The van der Waals surface area contributed by atoms with Gasteiger partial charge in [-0.3, -0.25) is 4.79 Å². The van der Waals surface area contributed by atoms with Crippen LogP contribution in [0.3, 0.4) is 0 Å². The van der Waals surface area contributed by atoms with Gasteiger partial charge in [0.1, 0.15) is 17.4 Å². The van der Waals surface area contributed by atoms with Gasteiger partial charge in [0.05, 0.1) is 17.3 Å². The molecular formula is C18H13ClF4N4O2. The first-order valence-corrected chi connectivity index (χ1v) is 8.83. The minimum atomic E-state index is -4.58. The van der Waals surface area contributed by atoms with Gasteiger partial charge >= 0.3 is 6.18 Å².